The summed E-state index contributed by atoms with van der Waals surface area (Å²) in [7, 11) is 0. The minimum Gasteiger partial charge on any atom is -0.395 e. The van der Waals surface area contributed by atoms with E-state index in [1.807, 2.05) is 0 Å². The van der Waals surface area contributed by atoms with Gasteiger partial charge in [0.25, 0.3) is 0 Å². The number of ether oxygens (including phenoxy) is 1. The summed E-state index contributed by atoms with van der Waals surface area (Å²) >= 11 is 0. The van der Waals surface area contributed by atoms with Crippen molar-refractivity contribution < 1.29 is 19.1 Å². The second-order valence-corrected chi connectivity index (χ2v) is 1.46. The summed E-state index contributed by atoms with van der Waals surface area (Å²) in [6.45, 7) is 1.25. The Hall–Kier alpha value is -1.19. The predicted molar refractivity (Wildman–Crippen MR) is 27.5 cm³/mol. The van der Waals surface area contributed by atoms with Crippen molar-refractivity contribution in [1.82, 2.24) is 0 Å². The molecular formula is C5H6O4. The number of carbonyl (C=O) groups is 3. The average molecular weight is 130 g/mol. The lowest BCUT2D eigenvalue weighted by atomic mass is 10.3. The van der Waals surface area contributed by atoms with Crippen molar-refractivity contribution in [3.8, 4) is 0 Å². The van der Waals surface area contributed by atoms with Crippen LogP contribution in [-0.2, 0) is 19.1 Å². The van der Waals surface area contributed by atoms with Gasteiger partial charge in [0.05, 0.1) is 0 Å². The highest BCUT2D eigenvalue weighted by Crippen LogP contribution is 1.83. The topological polar surface area (TPSA) is 60.4 Å². The first-order chi connectivity index (χ1) is 4.16. The van der Waals surface area contributed by atoms with Gasteiger partial charge in [0.2, 0.25) is 0 Å². The number of Topliss-reactive ketones (excluding diaryl/α,β-unsaturated/α-hetero) is 1. The third kappa shape index (κ3) is 4.67. The van der Waals surface area contributed by atoms with Crippen LogP contribution in [0.5, 0.6) is 0 Å². The molecule has 0 amide bonds. The lowest BCUT2D eigenvalue weighted by Crippen LogP contribution is -2.07. The Kier molecular flexibility index (Phi) is 3.27. The number of esters is 1. The standard InChI is InChI=1S/C5H6O4/c1-4(7)2-5(8)9-3-6/h3H,2H2,1H3. The van der Waals surface area contributed by atoms with Gasteiger partial charge in [-0.1, -0.05) is 0 Å². The van der Waals surface area contributed by atoms with E-state index in [0.29, 0.717) is 0 Å². The molecule has 0 aliphatic carbocycles. The van der Waals surface area contributed by atoms with Gasteiger partial charge in [-0.3, -0.25) is 14.4 Å². The molecule has 0 aliphatic heterocycles. The molecule has 0 saturated carbocycles. The van der Waals surface area contributed by atoms with Crippen LogP contribution < -0.4 is 0 Å². The Morgan fingerprint density at radius 1 is 1.56 bits per heavy atom. The molecule has 0 aromatic heterocycles. The van der Waals surface area contributed by atoms with Crippen molar-refractivity contribution >= 4 is 18.2 Å². The predicted octanol–water partition coefficient (Wildman–Crippen LogP) is -0.335. The molecular weight excluding hydrogens is 124 g/mol. The number of hydrogen-bond donors (Lipinski definition) is 0. The molecule has 4 heteroatoms. The van der Waals surface area contributed by atoms with E-state index in [1.165, 1.54) is 6.92 Å². The fourth-order valence-corrected chi connectivity index (χ4v) is 0.299. The molecule has 9 heavy (non-hydrogen) atoms. The lowest BCUT2D eigenvalue weighted by Gasteiger charge is -1.89. The monoisotopic (exact) mass is 130 g/mol. The summed E-state index contributed by atoms with van der Waals surface area (Å²) in [4.78, 5) is 29.7. The maximum atomic E-state index is 10.2. The van der Waals surface area contributed by atoms with Gasteiger partial charge in [0.15, 0.2) is 0 Å². The van der Waals surface area contributed by atoms with Gasteiger partial charge in [-0.15, -0.1) is 0 Å². The van der Waals surface area contributed by atoms with E-state index in [1.54, 1.807) is 0 Å². The van der Waals surface area contributed by atoms with E-state index in [2.05, 4.69) is 4.74 Å². The molecule has 0 spiro atoms. The summed E-state index contributed by atoms with van der Waals surface area (Å²) in [5, 5.41) is 0. The Morgan fingerprint density at radius 2 is 2.11 bits per heavy atom. The van der Waals surface area contributed by atoms with Crippen LogP contribution in [0.3, 0.4) is 0 Å². The quantitative estimate of drug-likeness (QED) is 0.298. The van der Waals surface area contributed by atoms with Crippen LogP contribution in [0.2, 0.25) is 0 Å². The van der Waals surface area contributed by atoms with Crippen LogP contribution in [0.4, 0.5) is 0 Å². The second-order valence-electron chi connectivity index (χ2n) is 1.46. The molecule has 0 aromatic carbocycles. The normalized spacial score (nSPS) is 8.11. The molecule has 0 radical (unpaired) electrons. The van der Waals surface area contributed by atoms with Crippen molar-refractivity contribution in [2.24, 2.45) is 0 Å². The van der Waals surface area contributed by atoms with Gasteiger partial charge in [-0.25, -0.2) is 0 Å². The molecule has 0 atom stereocenters. The summed E-state index contributed by atoms with van der Waals surface area (Å²) < 4.78 is 3.81. The Labute approximate surface area is 51.8 Å². The first kappa shape index (κ1) is 7.81. The minimum absolute atomic E-state index is 0.00523. The number of carbonyl (C=O) groups excluding carboxylic acids is 3. The zero-order chi connectivity index (χ0) is 7.28. The van der Waals surface area contributed by atoms with E-state index >= 15 is 0 Å². The first-order valence-electron chi connectivity index (χ1n) is 2.29. The molecule has 0 N–H and O–H groups in total. The Morgan fingerprint density at radius 3 is 2.44 bits per heavy atom. The van der Waals surface area contributed by atoms with Crippen molar-refractivity contribution in [2.45, 2.75) is 13.3 Å². The van der Waals surface area contributed by atoms with Crippen molar-refractivity contribution in [3.05, 3.63) is 0 Å². The van der Waals surface area contributed by atoms with Gasteiger partial charge in [0, 0.05) is 0 Å². The third-order valence-corrected chi connectivity index (χ3v) is 0.573. The summed E-state index contributed by atoms with van der Waals surface area (Å²) in [5.41, 5.74) is 0. The molecule has 0 rings (SSSR count). The third-order valence-electron chi connectivity index (χ3n) is 0.573. The van der Waals surface area contributed by atoms with E-state index in [9.17, 15) is 14.4 Å². The number of hydrogen-bond acceptors (Lipinski definition) is 4. The smallest absolute Gasteiger partial charge is 0.320 e. The highest BCUT2D eigenvalue weighted by Gasteiger charge is 2.03. The van der Waals surface area contributed by atoms with E-state index < -0.39 is 5.97 Å². The molecule has 50 valence electrons. The molecule has 0 heterocycles. The molecule has 0 fully saturated rings. The van der Waals surface area contributed by atoms with E-state index in [-0.39, 0.29) is 18.7 Å². The number of ketones is 1. The van der Waals surface area contributed by atoms with Gasteiger partial charge in [0.1, 0.15) is 12.2 Å². The van der Waals surface area contributed by atoms with Gasteiger partial charge in [-0.2, -0.15) is 0 Å². The van der Waals surface area contributed by atoms with Crippen LogP contribution in [0.25, 0.3) is 0 Å². The van der Waals surface area contributed by atoms with Crippen LogP contribution in [-0.4, -0.2) is 18.2 Å². The fraction of sp³-hybridized carbons (Fsp3) is 0.400. The van der Waals surface area contributed by atoms with Crippen LogP contribution >= 0.6 is 0 Å². The molecule has 4 nitrogen and oxygen atoms in total. The highest BCUT2D eigenvalue weighted by molar-refractivity contribution is 5.95. The SMILES string of the molecule is CC(=O)CC(=O)OC=O. The van der Waals surface area contributed by atoms with Gasteiger partial charge < -0.3 is 4.74 Å². The zero-order valence-corrected chi connectivity index (χ0v) is 4.92. The van der Waals surface area contributed by atoms with Crippen LogP contribution in [0, 0.1) is 0 Å². The molecule has 0 unspecified atom stereocenters. The largest absolute Gasteiger partial charge is 0.395 e. The summed E-state index contributed by atoms with van der Waals surface area (Å²) in [5.74, 6) is -1.13. The molecule has 0 bridgehead atoms. The van der Waals surface area contributed by atoms with Gasteiger partial charge >= 0.3 is 12.4 Å². The average Bonchev–Trinajstić information content (AvgIpc) is 1.63. The zero-order valence-electron chi connectivity index (χ0n) is 4.92. The first-order valence-corrected chi connectivity index (χ1v) is 2.29. The van der Waals surface area contributed by atoms with Crippen LogP contribution in [0.15, 0.2) is 0 Å². The van der Waals surface area contributed by atoms with Gasteiger partial charge in [-0.05, 0) is 6.92 Å². The Bertz CT molecular complexity index is 138. The second kappa shape index (κ2) is 3.77. The van der Waals surface area contributed by atoms with Crippen LogP contribution in [0.1, 0.15) is 13.3 Å². The molecule has 0 saturated heterocycles. The maximum Gasteiger partial charge on any atom is 0.320 e. The molecule has 0 aliphatic rings. The van der Waals surface area contributed by atoms with Crippen molar-refractivity contribution in [2.75, 3.05) is 0 Å². The van der Waals surface area contributed by atoms with E-state index in [0.717, 1.165) is 0 Å². The summed E-state index contributed by atoms with van der Waals surface area (Å²) in [6, 6.07) is 0. The molecule has 0 aromatic rings. The minimum atomic E-state index is -0.808. The van der Waals surface area contributed by atoms with Crippen molar-refractivity contribution in [3.63, 3.8) is 0 Å². The maximum absolute atomic E-state index is 10.2. The van der Waals surface area contributed by atoms with E-state index in [4.69, 9.17) is 0 Å². The lowest BCUT2D eigenvalue weighted by molar-refractivity contribution is -0.152. The van der Waals surface area contributed by atoms with Crippen molar-refractivity contribution in [1.29, 1.82) is 0 Å². The fourth-order valence-electron chi connectivity index (χ4n) is 0.299. The summed E-state index contributed by atoms with van der Waals surface area (Å²) in [6.07, 6.45) is -0.335. The highest BCUT2D eigenvalue weighted by atomic mass is 16.6. The Balaban J connectivity index is 3.50. The number of rotatable bonds is 3.